The molecule has 2 aromatic carbocycles. The van der Waals surface area contributed by atoms with E-state index in [9.17, 15) is 14.0 Å². The number of hydrogen-bond acceptors (Lipinski definition) is 4. The monoisotopic (exact) mass is 493 g/mol. The van der Waals surface area contributed by atoms with Crippen LogP contribution in [0.2, 0.25) is 0 Å². The van der Waals surface area contributed by atoms with Crippen LogP contribution in [0.4, 0.5) is 4.39 Å². The van der Waals surface area contributed by atoms with Gasteiger partial charge in [-0.2, -0.15) is 0 Å². The fourth-order valence-electron chi connectivity index (χ4n) is 6.44. The maximum absolute atomic E-state index is 13.5. The second-order valence-corrected chi connectivity index (χ2v) is 10.7. The van der Waals surface area contributed by atoms with Crippen LogP contribution in [0.15, 0.2) is 36.4 Å². The van der Waals surface area contributed by atoms with Gasteiger partial charge in [-0.1, -0.05) is 12.1 Å². The summed E-state index contributed by atoms with van der Waals surface area (Å²) in [7, 11) is 0. The normalized spacial score (nSPS) is 26.5. The third-order valence-corrected chi connectivity index (χ3v) is 8.41. The van der Waals surface area contributed by atoms with Gasteiger partial charge in [0.2, 0.25) is 5.91 Å². The Hall–Kier alpha value is -2.93. The van der Waals surface area contributed by atoms with Gasteiger partial charge in [0, 0.05) is 36.2 Å². The average molecular weight is 494 g/mol. The first-order chi connectivity index (χ1) is 17.3. The van der Waals surface area contributed by atoms with Gasteiger partial charge in [0.1, 0.15) is 18.2 Å². The Labute approximate surface area is 212 Å². The molecule has 3 fully saturated rings. The van der Waals surface area contributed by atoms with Gasteiger partial charge >= 0.3 is 0 Å². The molecular formula is C29H36FN3O3. The van der Waals surface area contributed by atoms with E-state index < -0.39 is 5.82 Å². The summed E-state index contributed by atoms with van der Waals surface area (Å²) in [5, 5.41) is 6.12. The zero-order valence-corrected chi connectivity index (χ0v) is 21.4. The highest BCUT2D eigenvalue weighted by Crippen LogP contribution is 2.43. The van der Waals surface area contributed by atoms with Crippen LogP contribution in [0.5, 0.6) is 5.75 Å². The number of rotatable bonds is 7. The van der Waals surface area contributed by atoms with Crippen LogP contribution in [-0.4, -0.2) is 47.5 Å². The Morgan fingerprint density at radius 1 is 1.14 bits per heavy atom. The molecule has 3 aliphatic rings. The van der Waals surface area contributed by atoms with E-state index >= 15 is 0 Å². The molecule has 6 nitrogen and oxygen atoms in total. The van der Waals surface area contributed by atoms with E-state index in [1.54, 1.807) is 12.1 Å². The molecule has 0 radical (unpaired) electrons. The Morgan fingerprint density at radius 3 is 2.56 bits per heavy atom. The highest BCUT2D eigenvalue weighted by Gasteiger charge is 2.43. The Bertz CT molecular complexity index is 1140. The van der Waals surface area contributed by atoms with Gasteiger partial charge in [-0.3, -0.25) is 14.5 Å². The summed E-state index contributed by atoms with van der Waals surface area (Å²) in [6.07, 6.45) is 5.49. The minimum Gasteiger partial charge on any atom is -0.491 e. The lowest BCUT2D eigenvalue weighted by Crippen LogP contribution is -2.51. The van der Waals surface area contributed by atoms with Crippen molar-refractivity contribution in [3.8, 4) is 5.75 Å². The molecule has 2 bridgehead atoms. The first-order valence-corrected chi connectivity index (χ1v) is 13.2. The van der Waals surface area contributed by atoms with Crippen molar-refractivity contribution < 1.29 is 18.7 Å². The van der Waals surface area contributed by atoms with Crippen molar-refractivity contribution in [1.82, 2.24) is 15.5 Å². The predicted octanol–water partition coefficient (Wildman–Crippen LogP) is 4.59. The third kappa shape index (κ3) is 4.99. The van der Waals surface area contributed by atoms with E-state index in [4.69, 9.17) is 4.74 Å². The van der Waals surface area contributed by atoms with E-state index in [1.165, 1.54) is 23.3 Å². The number of fused-ring (bicyclic) bond motifs is 2. The van der Waals surface area contributed by atoms with E-state index in [-0.39, 0.29) is 29.9 Å². The standard InChI is InChI=1S/C29H36FN3O3/c1-17-18(2)27(36-16-22-7-12-28(34)31-22)11-10-26(17)19(3)33-24-8-9-25(33)15-23(14-24)32-29(35)20-5-4-6-21(30)13-20/h4-6,10-11,13,19,22-25H,7-9,12,14-16H2,1-3H3,(H,31,34)(H,32,35)/t19?,22-,23?,24?,25?/m0/s1. The van der Waals surface area contributed by atoms with Crippen LogP contribution >= 0.6 is 0 Å². The Morgan fingerprint density at radius 2 is 1.89 bits per heavy atom. The molecule has 192 valence electrons. The summed E-state index contributed by atoms with van der Waals surface area (Å²) in [4.78, 5) is 26.8. The van der Waals surface area contributed by atoms with Gasteiger partial charge in [-0.05, 0) is 93.8 Å². The fourth-order valence-corrected chi connectivity index (χ4v) is 6.44. The lowest BCUT2D eigenvalue weighted by atomic mass is 9.91. The van der Waals surface area contributed by atoms with Crippen molar-refractivity contribution in [2.45, 2.75) is 89.5 Å². The smallest absolute Gasteiger partial charge is 0.251 e. The van der Waals surface area contributed by atoms with E-state index in [1.807, 2.05) is 0 Å². The molecule has 2 amide bonds. The summed E-state index contributed by atoms with van der Waals surface area (Å²) in [6, 6.07) is 11.4. The number of amides is 2. The highest BCUT2D eigenvalue weighted by atomic mass is 19.1. The van der Waals surface area contributed by atoms with Crippen LogP contribution in [-0.2, 0) is 4.79 Å². The minimum atomic E-state index is -0.390. The van der Waals surface area contributed by atoms with Crippen molar-refractivity contribution in [2.24, 2.45) is 0 Å². The first-order valence-electron chi connectivity index (χ1n) is 13.2. The van der Waals surface area contributed by atoms with Gasteiger partial charge < -0.3 is 15.4 Å². The van der Waals surface area contributed by atoms with Crippen LogP contribution in [0.3, 0.4) is 0 Å². The summed E-state index contributed by atoms with van der Waals surface area (Å²) in [5.41, 5.74) is 4.08. The first kappa shape index (κ1) is 24.8. The van der Waals surface area contributed by atoms with Crippen molar-refractivity contribution in [3.63, 3.8) is 0 Å². The Balaban J connectivity index is 1.23. The van der Waals surface area contributed by atoms with Gasteiger partial charge in [-0.25, -0.2) is 4.39 Å². The fraction of sp³-hybridized carbons (Fsp3) is 0.517. The largest absolute Gasteiger partial charge is 0.491 e. The summed E-state index contributed by atoms with van der Waals surface area (Å²) < 4.78 is 19.6. The molecule has 3 unspecified atom stereocenters. The van der Waals surface area contributed by atoms with Crippen molar-refractivity contribution >= 4 is 11.8 Å². The van der Waals surface area contributed by atoms with Crippen LogP contribution in [0, 0.1) is 19.7 Å². The summed E-state index contributed by atoms with van der Waals surface area (Å²) in [5.74, 6) is 0.400. The molecular weight excluding hydrogens is 457 g/mol. The van der Waals surface area contributed by atoms with Crippen molar-refractivity contribution in [3.05, 3.63) is 64.5 Å². The number of carbonyl (C=O) groups is 2. The number of hydrogen-bond donors (Lipinski definition) is 2. The Kier molecular flexibility index (Phi) is 7.02. The second kappa shape index (κ2) is 10.2. The zero-order chi connectivity index (χ0) is 25.4. The maximum Gasteiger partial charge on any atom is 0.251 e. The number of piperidine rings is 1. The molecule has 0 aliphatic carbocycles. The zero-order valence-electron chi connectivity index (χ0n) is 21.4. The number of nitrogens with one attached hydrogen (secondary N) is 2. The molecule has 0 saturated carbocycles. The molecule has 3 aliphatic heterocycles. The highest BCUT2D eigenvalue weighted by molar-refractivity contribution is 5.94. The predicted molar refractivity (Wildman–Crippen MR) is 137 cm³/mol. The lowest BCUT2D eigenvalue weighted by Gasteiger charge is -2.43. The molecule has 3 heterocycles. The molecule has 3 saturated heterocycles. The quantitative estimate of drug-likeness (QED) is 0.592. The molecule has 7 heteroatoms. The molecule has 2 aromatic rings. The second-order valence-electron chi connectivity index (χ2n) is 10.7. The molecule has 0 aromatic heterocycles. The average Bonchev–Trinajstić information content (AvgIpc) is 3.39. The van der Waals surface area contributed by atoms with Gasteiger partial charge in [0.05, 0.1) is 6.04 Å². The molecule has 2 N–H and O–H groups in total. The lowest BCUT2D eigenvalue weighted by molar-refractivity contribution is -0.119. The minimum absolute atomic E-state index is 0.0918. The number of carbonyl (C=O) groups excluding carboxylic acids is 2. The number of benzene rings is 2. The molecule has 5 rings (SSSR count). The van der Waals surface area contributed by atoms with E-state index in [0.717, 1.165) is 43.4 Å². The van der Waals surface area contributed by atoms with E-state index in [0.29, 0.717) is 30.7 Å². The van der Waals surface area contributed by atoms with Crippen LogP contribution < -0.4 is 15.4 Å². The van der Waals surface area contributed by atoms with Gasteiger partial charge in [0.15, 0.2) is 0 Å². The third-order valence-electron chi connectivity index (χ3n) is 8.41. The van der Waals surface area contributed by atoms with Crippen molar-refractivity contribution in [2.75, 3.05) is 6.61 Å². The van der Waals surface area contributed by atoms with Crippen LogP contribution in [0.1, 0.15) is 78.5 Å². The number of ether oxygens (including phenoxy) is 1. The SMILES string of the molecule is Cc1c(OC[C@@H]2CCC(=O)N2)ccc(C(C)N2C3CCC2CC(NC(=O)c2cccc(F)c2)C3)c1C. The van der Waals surface area contributed by atoms with Crippen molar-refractivity contribution in [1.29, 1.82) is 0 Å². The van der Waals surface area contributed by atoms with Gasteiger partial charge in [-0.15, -0.1) is 0 Å². The molecule has 4 atom stereocenters. The summed E-state index contributed by atoms with van der Waals surface area (Å²) in [6.45, 7) is 7.06. The molecule has 0 spiro atoms. The summed E-state index contributed by atoms with van der Waals surface area (Å²) >= 11 is 0. The topological polar surface area (TPSA) is 70.7 Å². The molecule has 36 heavy (non-hydrogen) atoms. The van der Waals surface area contributed by atoms with Gasteiger partial charge in [0.25, 0.3) is 5.91 Å². The van der Waals surface area contributed by atoms with Crippen LogP contribution in [0.25, 0.3) is 0 Å². The van der Waals surface area contributed by atoms with E-state index in [2.05, 4.69) is 48.4 Å². The number of halogens is 1. The maximum atomic E-state index is 13.5. The number of nitrogens with zero attached hydrogens (tertiary/aromatic N) is 1.